The first-order valence-corrected chi connectivity index (χ1v) is 9.94. The highest BCUT2D eigenvalue weighted by molar-refractivity contribution is 7.89. The van der Waals surface area contributed by atoms with Gasteiger partial charge in [0, 0.05) is 38.3 Å². The van der Waals surface area contributed by atoms with Crippen LogP contribution in [-0.4, -0.2) is 43.8 Å². The zero-order valence-electron chi connectivity index (χ0n) is 14.4. The van der Waals surface area contributed by atoms with Crippen LogP contribution in [0.5, 0.6) is 0 Å². The van der Waals surface area contributed by atoms with E-state index < -0.39 is 20.8 Å². The number of sulfonamides is 1. The fourth-order valence-electron chi connectivity index (χ4n) is 2.96. The minimum absolute atomic E-state index is 0.0969. The molecule has 2 aromatic rings. The molecule has 1 aliphatic heterocycles. The molecule has 1 heterocycles. The van der Waals surface area contributed by atoms with Crippen LogP contribution in [0, 0.1) is 27.3 Å². The SMILES string of the molecule is N#Cc1cc([N+](=O)[O-])ccc1N1CCN(S(=O)(=O)c2ccc(F)c(Cl)c2)CC1. The van der Waals surface area contributed by atoms with Crippen molar-refractivity contribution in [2.45, 2.75) is 4.90 Å². The van der Waals surface area contributed by atoms with Crippen LogP contribution < -0.4 is 4.90 Å². The molecule has 1 saturated heterocycles. The third-order valence-corrected chi connectivity index (χ3v) is 6.60. The lowest BCUT2D eigenvalue weighted by molar-refractivity contribution is -0.384. The average molecular weight is 425 g/mol. The van der Waals surface area contributed by atoms with E-state index in [1.165, 1.54) is 22.5 Å². The number of benzene rings is 2. The van der Waals surface area contributed by atoms with E-state index in [0.717, 1.165) is 18.2 Å². The van der Waals surface area contributed by atoms with Gasteiger partial charge in [0.1, 0.15) is 11.9 Å². The normalized spacial score (nSPS) is 15.2. The summed E-state index contributed by atoms with van der Waals surface area (Å²) < 4.78 is 40.0. The summed E-state index contributed by atoms with van der Waals surface area (Å²) in [4.78, 5) is 12.0. The first kappa shape index (κ1) is 20.0. The summed E-state index contributed by atoms with van der Waals surface area (Å²) in [7, 11) is -3.84. The molecule has 11 heteroatoms. The van der Waals surface area contributed by atoms with Gasteiger partial charge in [0.05, 0.1) is 26.1 Å². The first-order valence-electron chi connectivity index (χ1n) is 8.12. The van der Waals surface area contributed by atoms with Crippen LogP contribution >= 0.6 is 11.6 Å². The molecule has 0 bridgehead atoms. The van der Waals surface area contributed by atoms with Crippen molar-refractivity contribution in [2.75, 3.05) is 31.1 Å². The molecule has 0 spiro atoms. The highest BCUT2D eigenvalue weighted by atomic mass is 35.5. The van der Waals surface area contributed by atoms with E-state index in [2.05, 4.69) is 0 Å². The summed E-state index contributed by atoms with van der Waals surface area (Å²) in [5.41, 5.74) is 0.473. The third kappa shape index (κ3) is 3.77. The molecule has 0 aliphatic carbocycles. The summed E-state index contributed by atoms with van der Waals surface area (Å²) in [6.07, 6.45) is 0. The summed E-state index contributed by atoms with van der Waals surface area (Å²) in [5.74, 6) is -0.701. The van der Waals surface area contributed by atoms with Gasteiger partial charge >= 0.3 is 0 Å². The van der Waals surface area contributed by atoms with Gasteiger partial charge in [0.15, 0.2) is 0 Å². The Kier molecular flexibility index (Phi) is 5.51. The number of nitro groups is 1. The Balaban J connectivity index is 1.78. The summed E-state index contributed by atoms with van der Waals surface area (Å²) >= 11 is 5.69. The molecule has 0 N–H and O–H groups in total. The van der Waals surface area contributed by atoms with Crippen molar-refractivity contribution in [1.82, 2.24) is 4.31 Å². The monoisotopic (exact) mass is 424 g/mol. The second kappa shape index (κ2) is 7.71. The summed E-state index contributed by atoms with van der Waals surface area (Å²) in [5, 5.41) is 19.9. The van der Waals surface area contributed by atoms with E-state index in [9.17, 15) is 28.2 Å². The van der Waals surface area contributed by atoms with Crippen molar-refractivity contribution >= 4 is 33.0 Å². The van der Waals surface area contributed by atoms with Crippen LogP contribution in [0.2, 0.25) is 5.02 Å². The first-order chi connectivity index (χ1) is 13.2. The van der Waals surface area contributed by atoms with E-state index in [1.54, 1.807) is 4.90 Å². The number of piperazine rings is 1. The molecular weight excluding hydrogens is 411 g/mol. The highest BCUT2D eigenvalue weighted by Gasteiger charge is 2.30. The molecule has 0 atom stereocenters. The van der Waals surface area contributed by atoms with Gasteiger partial charge in [0.2, 0.25) is 10.0 Å². The molecule has 146 valence electrons. The Morgan fingerprint density at radius 3 is 2.39 bits per heavy atom. The van der Waals surface area contributed by atoms with Crippen LogP contribution in [-0.2, 0) is 10.0 Å². The zero-order chi connectivity index (χ0) is 20.5. The largest absolute Gasteiger partial charge is 0.368 e. The van der Waals surface area contributed by atoms with Gasteiger partial charge in [-0.25, -0.2) is 12.8 Å². The number of nitriles is 1. The second-order valence-electron chi connectivity index (χ2n) is 6.04. The summed E-state index contributed by atoms with van der Waals surface area (Å²) in [6, 6.07) is 9.16. The number of nitro benzene ring substituents is 1. The van der Waals surface area contributed by atoms with Gasteiger partial charge in [-0.1, -0.05) is 11.6 Å². The molecule has 8 nitrogen and oxygen atoms in total. The van der Waals surface area contributed by atoms with Gasteiger partial charge in [-0.3, -0.25) is 10.1 Å². The molecule has 1 aliphatic rings. The fourth-order valence-corrected chi connectivity index (χ4v) is 4.65. The lowest BCUT2D eigenvalue weighted by Crippen LogP contribution is -2.48. The third-order valence-electron chi connectivity index (χ3n) is 4.42. The standard InChI is InChI=1S/C17H14ClFN4O4S/c18-15-10-14(2-3-16(15)19)28(26,27)22-7-5-21(6-8-22)17-4-1-13(23(24)25)9-12(17)11-20/h1-4,9-10H,5-8H2. The minimum Gasteiger partial charge on any atom is -0.368 e. The molecule has 3 rings (SSSR count). The Morgan fingerprint density at radius 2 is 1.82 bits per heavy atom. The molecule has 0 radical (unpaired) electrons. The molecular formula is C17H14ClFN4O4S. The number of hydrogen-bond donors (Lipinski definition) is 0. The van der Waals surface area contributed by atoms with Crippen molar-refractivity contribution < 1.29 is 17.7 Å². The van der Waals surface area contributed by atoms with Crippen LogP contribution in [0.1, 0.15) is 5.56 Å². The number of halogens is 2. The number of anilines is 1. The smallest absolute Gasteiger partial charge is 0.270 e. The second-order valence-corrected chi connectivity index (χ2v) is 8.38. The maximum Gasteiger partial charge on any atom is 0.270 e. The van der Waals surface area contributed by atoms with E-state index in [4.69, 9.17) is 11.6 Å². The predicted octanol–water partition coefficient (Wildman–Crippen LogP) is 2.77. The van der Waals surface area contributed by atoms with E-state index in [1.807, 2.05) is 6.07 Å². The van der Waals surface area contributed by atoms with E-state index >= 15 is 0 Å². The van der Waals surface area contributed by atoms with Gasteiger partial charge in [-0.05, 0) is 24.3 Å². The van der Waals surface area contributed by atoms with Crippen LogP contribution in [0.3, 0.4) is 0 Å². The number of rotatable bonds is 4. The van der Waals surface area contributed by atoms with Gasteiger partial charge in [-0.2, -0.15) is 9.57 Å². The van der Waals surface area contributed by atoms with Gasteiger partial charge in [-0.15, -0.1) is 0 Å². The Bertz CT molecular complexity index is 1080. The Morgan fingerprint density at radius 1 is 1.14 bits per heavy atom. The molecule has 0 aromatic heterocycles. The van der Waals surface area contributed by atoms with Crippen molar-refractivity contribution in [3.63, 3.8) is 0 Å². The molecule has 0 unspecified atom stereocenters. The number of non-ortho nitro benzene ring substituents is 1. The van der Waals surface area contributed by atoms with Crippen molar-refractivity contribution in [2.24, 2.45) is 0 Å². The quantitative estimate of drug-likeness (QED) is 0.551. The lowest BCUT2D eigenvalue weighted by Gasteiger charge is -2.35. The topological polar surface area (TPSA) is 108 Å². The molecule has 0 saturated carbocycles. The average Bonchev–Trinajstić information content (AvgIpc) is 2.69. The number of hydrogen-bond acceptors (Lipinski definition) is 6. The highest BCUT2D eigenvalue weighted by Crippen LogP contribution is 2.28. The summed E-state index contributed by atoms with van der Waals surface area (Å²) in [6.45, 7) is 0.861. The van der Waals surface area contributed by atoms with Gasteiger partial charge in [0.25, 0.3) is 5.69 Å². The van der Waals surface area contributed by atoms with E-state index in [-0.39, 0.29) is 34.3 Å². The minimum atomic E-state index is -3.84. The molecule has 1 fully saturated rings. The van der Waals surface area contributed by atoms with E-state index in [0.29, 0.717) is 18.8 Å². The fraction of sp³-hybridized carbons (Fsp3) is 0.235. The van der Waals surface area contributed by atoms with Crippen LogP contribution in [0.25, 0.3) is 0 Å². The molecule has 28 heavy (non-hydrogen) atoms. The van der Waals surface area contributed by atoms with Crippen LogP contribution in [0.15, 0.2) is 41.3 Å². The van der Waals surface area contributed by atoms with Crippen LogP contribution in [0.4, 0.5) is 15.8 Å². The maximum absolute atomic E-state index is 13.3. The maximum atomic E-state index is 13.3. The zero-order valence-corrected chi connectivity index (χ0v) is 16.0. The Hall–Kier alpha value is -2.74. The predicted molar refractivity (Wildman–Crippen MR) is 100 cm³/mol. The lowest BCUT2D eigenvalue weighted by atomic mass is 10.1. The molecule has 2 aromatic carbocycles. The Labute approximate surface area is 165 Å². The van der Waals surface area contributed by atoms with Crippen molar-refractivity contribution in [3.05, 3.63) is 62.9 Å². The van der Waals surface area contributed by atoms with Gasteiger partial charge < -0.3 is 4.90 Å². The van der Waals surface area contributed by atoms with Crippen molar-refractivity contribution in [3.8, 4) is 6.07 Å². The number of nitrogens with zero attached hydrogens (tertiary/aromatic N) is 4. The van der Waals surface area contributed by atoms with Crippen molar-refractivity contribution in [1.29, 1.82) is 5.26 Å². The molecule has 0 amide bonds.